The molecule has 1 amide bonds. The Hall–Kier alpha value is -1.61. The van der Waals surface area contributed by atoms with Gasteiger partial charge in [-0.05, 0) is 30.9 Å². The summed E-state index contributed by atoms with van der Waals surface area (Å²) >= 11 is 0. The van der Waals surface area contributed by atoms with Crippen molar-refractivity contribution in [3.8, 4) is 0 Å². The van der Waals surface area contributed by atoms with Crippen molar-refractivity contribution in [3.63, 3.8) is 0 Å². The zero-order valence-electron chi connectivity index (χ0n) is 13.7. The molecule has 0 aromatic heterocycles. The highest BCUT2D eigenvalue weighted by Crippen LogP contribution is 2.30. The maximum absolute atomic E-state index is 12.1. The number of fused-ring (bicyclic) bond motifs is 2. The van der Waals surface area contributed by atoms with Gasteiger partial charge in [-0.25, -0.2) is 0 Å². The summed E-state index contributed by atoms with van der Waals surface area (Å²) in [6, 6.07) is 11.4. The highest BCUT2D eigenvalue weighted by Gasteiger charge is 2.41. The van der Waals surface area contributed by atoms with Crippen LogP contribution in [-0.4, -0.2) is 47.4 Å². The van der Waals surface area contributed by atoms with Crippen LogP contribution >= 0.6 is 0 Å². The van der Waals surface area contributed by atoms with Gasteiger partial charge in [-0.15, -0.1) is 0 Å². The Bertz CT molecular complexity index is 538. The van der Waals surface area contributed by atoms with E-state index in [2.05, 4.69) is 53.1 Å². The minimum Gasteiger partial charge on any atom is -0.334 e. The van der Waals surface area contributed by atoms with Gasteiger partial charge in [0, 0.05) is 38.1 Å². The fraction of sp³-hybridized carbons (Fsp3) is 0.526. The van der Waals surface area contributed by atoms with E-state index in [4.69, 9.17) is 0 Å². The zero-order valence-corrected chi connectivity index (χ0v) is 13.7. The Morgan fingerprint density at radius 3 is 2.41 bits per heavy atom. The number of nitrogens with zero attached hydrogens (tertiary/aromatic N) is 2. The summed E-state index contributed by atoms with van der Waals surface area (Å²) in [6.45, 7) is 7.20. The fourth-order valence-corrected chi connectivity index (χ4v) is 3.81. The van der Waals surface area contributed by atoms with E-state index in [0.717, 1.165) is 19.6 Å². The molecular weight excluding hydrogens is 272 g/mol. The molecule has 2 fully saturated rings. The average Bonchev–Trinajstić information content (AvgIpc) is 2.83. The molecule has 2 saturated heterocycles. The molecule has 1 aromatic carbocycles. The second kappa shape index (κ2) is 6.66. The van der Waals surface area contributed by atoms with Crippen LogP contribution in [-0.2, 0) is 4.79 Å². The highest BCUT2D eigenvalue weighted by atomic mass is 16.2. The SMILES string of the molecule is CCC(=O)N1C2CCC1CN(CC=C(C)c1ccccc1)C2. The van der Waals surface area contributed by atoms with Gasteiger partial charge in [0.2, 0.25) is 5.91 Å². The maximum atomic E-state index is 12.1. The van der Waals surface area contributed by atoms with Crippen molar-refractivity contribution in [1.29, 1.82) is 0 Å². The minimum atomic E-state index is 0.336. The smallest absolute Gasteiger partial charge is 0.222 e. The number of carbonyl (C=O) groups is 1. The second-order valence-corrected chi connectivity index (χ2v) is 6.51. The van der Waals surface area contributed by atoms with Gasteiger partial charge >= 0.3 is 0 Å². The number of rotatable bonds is 4. The maximum Gasteiger partial charge on any atom is 0.222 e. The summed E-state index contributed by atoms with van der Waals surface area (Å²) < 4.78 is 0. The Kier molecular flexibility index (Phi) is 4.63. The first-order chi connectivity index (χ1) is 10.7. The number of hydrogen-bond donors (Lipinski definition) is 0. The van der Waals surface area contributed by atoms with Crippen molar-refractivity contribution < 1.29 is 4.79 Å². The predicted octanol–water partition coefficient (Wildman–Crippen LogP) is 3.18. The molecule has 118 valence electrons. The van der Waals surface area contributed by atoms with E-state index >= 15 is 0 Å². The third kappa shape index (κ3) is 3.09. The standard InChI is InChI=1S/C19H26N2O/c1-3-19(22)21-17-9-10-18(21)14-20(13-17)12-11-15(2)16-7-5-4-6-8-16/h4-8,11,17-18H,3,9-10,12-14H2,1-2H3. The lowest BCUT2D eigenvalue weighted by molar-refractivity contribution is -0.136. The van der Waals surface area contributed by atoms with E-state index in [1.54, 1.807) is 0 Å². The number of piperazine rings is 1. The van der Waals surface area contributed by atoms with E-state index in [-0.39, 0.29) is 0 Å². The van der Waals surface area contributed by atoms with Crippen LogP contribution in [0.4, 0.5) is 0 Å². The van der Waals surface area contributed by atoms with Crippen molar-refractivity contribution in [2.75, 3.05) is 19.6 Å². The Balaban J connectivity index is 1.61. The molecule has 1 aromatic rings. The average molecular weight is 298 g/mol. The molecule has 0 radical (unpaired) electrons. The number of benzene rings is 1. The monoisotopic (exact) mass is 298 g/mol. The lowest BCUT2D eigenvalue weighted by atomic mass is 10.1. The van der Waals surface area contributed by atoms with E-state index in [1.807, 2.05) is 6.92 Å². The first-order valence-electron chi connectivity index (χ1n) is 8.44. The quantitative estimate of drug-likeness (QED) is 0.852. The molecule has 2 aliphatic rings. The molecule has 3 heteroatoms. The number of likely N-dealkylation sites (tertiary alicyclic amines) is 1. The van der Waals surface area contributed by atoms with Crippen molar-refractivity contribution in [1.82, 2.24) is 9.80 Å². The van der Waals surface area contributed by atoms with Gasteiger partial charge in [-0.3, -0.25) is 9.69 Å². The highest BCUT2D eigenvalue weighted by molar-refractivity contribution is 5.77. The predicted molar refractivity (Wildman–Crippen MR) is 90.5 cm³/mol. The van der Waals surface area contributed by atoms with E-state index in [0.29, 0.717) is 24.4 Å². The van der Waals surface area contributed by atoms with E-state index in [1.165, 1.54) is 24.0 Å². The molecule has 0 spiro atoms. The molecular formula is C19H26N2O. The van der Waals surface area contributed by atoms with Crippen LogP contribution in [0.5, 0.6) is 0 Å². The topological polar surface area (TPSA) is 23.6 Å². The van der Waals surface area contributed by atoms with Gasteiger partial charge in [0.05, 0.1) is 0 Å². The molecule has 0 N–H and O–H groups in total. The number of carbonyl (C=O) groups excluding carboxylic acids is 1. The summed E-state index contributed by atoms with van der Waals surface area (Å²) in [5.74, 6) is 0.336. The largest absolute Gasteiger partial charge is 0.334 e. The molecule has 2 atom stereocenters. The van der Waals surface area contributed by atoms with Crippen LogP contribution in [0.25, 0.3) is 5.57 Å². The molecule has 0 saturated carbocycles. The molecule has 0 aliphatic carbocycles. The van der Waals surface area contributed by atoms with Gasteiger partial charge in [-0.2, -0.15) is 0 Å². The van der Waals surface area contributed by atoms with Gasteiger partial charge in [0.25, 0.3) is 0 Å². The van der Waals surface area contributed by atoms with Crippen LogP contribution in [0.2, 0.25) is 0 Å². The summed E-state index contributed by atoms with van der Waals surface area (Å²) in [5, 5.41) is 0. The van der Waals surface area contributed by atoms with Gasteiger partial charge < -0.3 is 4.90 Å². The molecule has 22 heavy (non-hydrogen) atoms. The van der Waals surface area contributed by atoms with Crippen molar-refractivity contribution in [3.05, 3.63) is 42.0 Å². The molecule has 2 heterocycles. The molecule has 3 rings (SSSR count). The second-order valence-electron chi connectivity index (χ2n) is 6.51. The number of amides is 1. The fourth-order valence-electron chi connectivity index (χ4n) is 3.81. The lowest BCUT2D eigenvalue weighted by Gasteiger charge is -2.40. The molecule has 2 unspecified atom stereocenters. The number of hydrogen-bond acceptors (Lipinski definition) is 2. The molecule has 2 aliphatic heterocycles. The van der Waals surface area contributed by atoms with Crippen LogP contribution < -0.4 is 0 Å². The summed E-state index contributed by atoms with van der Waals surface area (Å²) in [7, 11) is 0. The van der Waals surface area contributed by atoms with Crippen LogP contribution in [0.1, 0.15) is 38.7 Å². The summed E-state index contributed by atoms with van der Waals surface area (Å²) in [4.78, 5) is 16.8. The Morgan fingerprint density at radius 2 is 1.82 bits per heavy atom. The number of allylic oxidation sites excluding steroid dienone is 1. The minimum absolute atomic E-state index is 0.336. The van der Waals surface area contributed by atoms with Crippen molar-refractivity contribution >= 4 is 11.5 Å². The van der Waals surface area contributed by atoms with Crippen LogP contribution in [0.15, 0.2) is 36.4 Å². The van der Waals surface area contributed by atoms with E-state index in [9.17, 15) is 4.79 Å². The van der Waals surface area contributed by atoms with Crippen LogP contribution in [0.3, 0.4) is 0 Å². The van der Waals surface area contributed by atoms with Gasteiger partial charge in [-0.1, -0.05) is 43.3 Å². The summed E-state index contributed by atoms with van der Waals surface area (Å²) in [6.07, 6.45) is 5.31. The van der Waals surface area contributed by atoms with Crippen LogP contribution in [0, 0.1) is 0 Å². The van der Waals surface area contributed by atoms with Gasteiger partial charge in [0.1, 0.15) is 0 Å². The first-order valence-corrected chi connectivity index (χ1v) is 8.44. The Labute approximate surface area is 133 Å². The van der Waals surface area contributed by atoms with Crippen molar-refractivity contribution in [2.45, 2.75) is 45.2 Å². The zero-order chi connectivity index (χ0) is 15.5. The van der Waals surface area contributed by atoms with Gasteiger partial charge in [0.15, 0.2) is 0 Å². The molecule has 2 bridgehead atoms. The first kappa shape index (κ1) is 15.3. The van der Waals surface area contributed by atoms with E-state index < -0.39 is 0 Å². The third-order valence-corrected chi connectivity index (χ3v) is 5.03. The summed E-state index contributed by atoms with van der Waals surface area (Å²) in [5.41, 5.74) is 2.63. The lowest BCUT2D eigenvalue weighted by Crippen LogP contribution is -2.55. The normalized spacial score (nSPS) is 25.5. The molecule has 3 nitrogen and oxygen atoms in total. The third-order valence-electron chi connectivity index (χ3n) is 5.03. The Morgan fingerprint density at radius 1 is 1.18 bits per heavy atom. The van der Waals surface area contributed by atoms with Crippen molar-refractivity contribution in [2.24, 2.45) is 0 Å².